The maximum atomic E-state index is 9.64. The van der Waals surface area contributed by atoms with Crippen LogP contribution >= 0.6 is 0 Å². The van der Waals surface area contributed by atoms with Gasteiger partial charge in [0.2, 0.25) is 0 Å². The lowest BCUT2D eigenvalue weighted by atomic mass is 10.9. The minimum atomic E-state index is -4.19. The van der Waals surface area contributed by atoms with Gasteiger partial charge in [0.05, 0.1) is 0 Å². The zero-order valence-electron chi connectivity index (χ0n) is 3.70. The van der Waals surface area contributed by atoms with Crippen molar-refractivity contribution in [3.63, 3.8) is 0 Å². The Morgan fingerprint density at radius 3 is 1.62 bits per heavy atom. The number of aliphatic hydroxyl groups excluding tert-OH is 1. The van der Waals surface area contributed by atoms with Crippen LogP contribution in [-0.4, -0.2) is 23.5 Å². The average molecular weight is 142 g/mol. The molecule has 0 aliphatic rings. The van der Waals surface area contributed by atoms with Crippen LogP contribution in [0.1, 0.15) is 14.4 Å². The third kappa shape index (κ3) is 4.04. The first-order valence-corrected chi connectivity index (χ1v) is 3.09. The van der Waals surface area contributed by atoms with Crippen LogP contribution in [-0.2, 0) is 10.1 Å². The highest BCUT2D eigenvalue weighted by atomic mass is 32.2. The summed E-state index contributed by atoms with van der Waals surface area (Å²) in [4.78, 5) is 0. The van der Waals surface area contributed by atoms with Crippen LogP contribution in [0.25, 0.3) is 0 Å². The quantitative estimate of drug-likeness (QED) is 0.499. The van der Waals surface area contributed by atoms with Gasteiger partial charge in [-0.1, -0.05) is 7.43 Å². The monoisotopic (exact) mass is 142 g/mol. The summed E-state index contributed by atoms with van der Waals surface area (Å²) in [6, 6.07) is 0. The first-order chi connectivity index (χ1) is 2.94. The predicted octanol–water partition coefficient (Wildman–Crippen LogP) is -0.151. The van der Waals surface area contributed by atoms with Crippen molar-refractivity contribution < 1.29 is 18.1 Å². The molecule has 0 saturated carbocycles. The summed E-state index contributed by atoms with van der Waals surface area (Å²) < 4.78 is 27.1. The highest BCUT2D eigenvalue weighted by Crippen LogP contribution is 1.88. The van der Waals surface area contributed by atoms with E-state index in [0.717, 1.165) is 6.92 Å². The second kappa shape index (κ2) is 3.01. The van der Waals surface area contributed by atoms with Gasteiger partial charge in [0.15, 0.2) is 5.44 Å². The second-order valence-electron chi connectivity index (χ2n) is 1.11. The average Bonchev–Trinajstić information content (AvgIpc) is 1.31. The molecule has 0 aliphatic heterocycles. The van der Waals surface area contributed by atoms with Gasteiger partial charge in [-0.2, -0.15) is 8.42 Å². The van der Waals surface area contributed by atoms with Gasteiger partial charge < -0.3 is 5.11 Å². The zero-order chi connectivity index (χ0) is 6.08. The van der Waals surface area contributed by atoms with E-state index in [1.165, 1.54) is 0 Å². The molecule has 0 aromatic heterocycles. The lowest BCUT2D eigenvalue weighted by Crippen LogP contribution is -2.14. The van der Waals surface area contributed by atoms with Gasteiger partial charge in [0.1, 0.15) is 0 Å². The minimum absolute atomic E-state index is 0. The van der Waals surface area contributed by atoms with Crippen molar-refractivity contribution in [2.24, 2.45) is 0 Å². The Morgan fingerprint density at radius 2 is 1.62 bits per heavy atom. The topological polar surface area (TPSA) is 74.6 Å². The predicted molar refractivity (Wildman–Crippen MR) is 30.0 cm³/mol. The van der Waals surface area contributed by atoms with Crippen molar-refractivity contribution in [3.05, 3.63) is 0 Å². The van der Waals surface area contributed by atoms with Gasteiger partial charge in [-0.15, -0.1) is 0 Å². The lowest BCUT2D eigenvalue weighted by Gasteiger charge is -1.94. The molecular formula is C3H10O4S. The molecule has 1 unspecified atom stereocenters. The Labute approximate surface area is 48.9 Å². The molecule has 5 heteroatoms. The normalized spacial score (nSPS) is 14.4. The fourth-order valence-electron chi connectivity index (χ4n) is 0. The van der Waals surface area contributed by atoms with E-state index >= 15 is 0 Å². The third-order valence-electron chi connectivity index (χ3n) is 0.431. The number of aliphatic hydroxyl groups is 1. The molecule has 0 aromatic rings. The molecule has 0 radical (unpaired) electrons. The first-order valence-electron chi connectivity index (χ1n) is 1.59. The summed E-state index contributed by atoms with van der Waals surface area (Å²) in [5, 5.41) is 8.05. The largest absolute Gasteiger partial charge is 0.375 e. The minimum Gasteiger partial charge on any atom is -0.375 e. The Bertz CT molecular complexity index is 133. The lowest BCUT2D eigenvalue weighted by molar-refractivity contribution is 0.252. The molecule has 0 bridgehead atoms. The van der Waals surface area contributed by atoms with E-state index < -0.39 is 15.6 Å². The zero-order valence-corrected chi connectivity index (χ0v) is 4.51. The molecule has 0 heterocycles. The summed E-state index contributed by atoms with van der Waals surface area (Å²) in [5.41, 5.74) is -1.67. The van der Waals surface area contributed by atoms with Crippen molar-refractivity contribution in [2.45, 2.75) is 19.8 Å². The number of hydrogen-bond donors (Lipinski definition) is 2. The Hall–Kier alpha value is -0.130. The van der Waals surface area contributed by atoms with Crippen molar-refractivity contribution in [1.82, 2.24) is 0 Å². The van der Waals surface area contributed by atoms with E-state index in [4.69, 9.17) is 9.66 Å². The van der Waals surface area contributed by atoms with E-state index in [1.54, 1.807) is 0 Å². The van der Waals surface area contributed by atoms with E-state index in [-0.39, 0.29) is 7.43 Å². The van der Waals surface area contributed by atoms with Gasteiger partial charge in [-0.25, -0.2) is 0 Å². The molecule has 0 rings (SSSR count). The second-order valence-corrected chi connectivity index (χ2v) is 2.83. The standard InChI is InChI=1S/C2H6O4S.CH4/c1-2(3)7(4,5)6;/h2-3H,1H3,(H,4,5,6);1H4. The molecule has 0 spiro atoms. The van der Waals surface area contributed by atoms with E-state index in [2.05, 4.69) is 0 Å². The van der Waals surface area contributed by atoms with Crippen molar-refractivity contribution >= 4 is 10.1 Å². The molecule has 0 fully saturated rings. The van der Waals surface area contributed by atoms with Crippen LogP contribution < -0.4 is 0 Å². The molecule has 1 atom stereocenters. The van der Waals surface area contributed by atoms with Crippen LogP contribution in [0.15, 0.2) is 0 Å². The van der Waals surface area contributed by atoms with Crippen LogP contribution in [0.4, 0.5) is 0 Å². The third-order valence-corrected chi connectivity index (χ3v) is 1.29. The molecule has 52 valence electrons. The van der Waals surface area contributed by atoms with Crippen molar-refractivity contribution in [3.8, 4) is 0 Å². The highest BCUT2D eigenvalue weighted by Gasteiger charge is 2.10. The van der Waals surface area contributed by atoms with Crippen molar-refractivity contribution in [1.29, 1.82) is 0 Å². The van der Waals surface area contributed by atoms with Gasteiger partial charge in [0.25, 0.3) is 10.1 Å². The maximum absolute atomic E-state index is 9.64. The number of rotatable bonds is 1. The molecule has 0 saturated heterocycles. The fourth-order valence-corrected chi connectivity index (χ4v) is 0. The molecule has 4 nitrogen and oxygen atoms in total. The van der Waals surface area contributed by atoms with E-state index in [9.17, 15) is 8.42 Å². The molecule has 0 amide bonds. The van der Waals surface area contributed by atoms with Crippen LogP contribution in [0.5, 0.6) is 0 Å². The SMILES string of the molecule is C.CC(O)S(=O)(=O)O. The summed E-state index contributed by atoms with van der Waals surface area (Å²) in [6.07, 6.45) is 0. The Kier molecular flexibility index (Phi) is 4.05. The first kappa shape index (κ1) is 10.8. The highest BCUT2D eigenvalue weighted by molar-refractivity contribution is 7.86. The summed E-state index contributed by atoms with van der Waals surface area (Å²) in [7, 11) is -4.19. The van der Waals surface area contributed by atoms with Crippen LogP contribution in [0, 0.1) is 0 Å². The Morgan fingerprint density at radius 1 is 1.50 bits per heavy atom. The molecule has 2 N–H and O–H groups in total. The maximum Gasteiger partial charge on any atom is 0.291 e. The Balaban J connectivity index is 0. The van der Waals surface area contributed by atoms with Gasteiger partial charge in [0, 0.05) is 0 Å². The molecular weight excluding hydrogens is 132 g/mol. The van der Waals surface area contributed by atoms with Gasteiger partial charge in [-0.05, 0) is 6.92 Å². The molecule has 8 heavy (non-hydrogen) atoms. The fraction of sp³-hybridized carbons (Fsp3) is 1.00. The van der Waals surface area contributed by atoms with Crippen LogP contribution in [0.3, 0.4) is 0 Å². The summed E-state index contributed by atoms with van der Waals surface area (Å²) in [6.45, 7) is 0.968. The van der Waals surface area contributed by atoms with Crippen molar-refractivity contribution in [2.75, 3.05) is 0 Å². The molecule has 0 aromatic carbocycles. The van der Waals surface area contributed by atoms with Gasteiger partial charge in [-0.3, -0.25) is 4.55 Å². The smallest absolute Gasteiger partial charge is 0.291 e. The number of hydrogen-bond acceptors (Lipinski definition) is 3. The van der Waals surface area contributed by atoms with Gasteiger partial charge >= 0.3 is 0 Å². The van der Waals surface area contributed by atoms with E-state index in [1.807, 2.05) is 0 Å². The van der Waals surface area contributed by atoms with E-state index in [0.29, 0.717) is 0 Å². The van der Waals surface area contributed by atoms with Crippen LogP contribution in [0.2, 0.25) is 0 Å². The molecule has 0 aliphatic carbocycles. The summed E-state index contributed by atoms with van der Waals surface area (Å²) >= 11 is 0. The summed E-state index contributed by atoms with van der Waals surface area (Å²) in [5.74, 6) is 0.